The Balaban J connectivity index is 3.02. The molecule has 1 heterocycles. The maximum absolute atomic E-state index is 12.0. The van der Waals surface area contributed by atoms with E-state index in [-0.39, 0.29) is 5.91 Å². The first-order valence-electron chi connectivity index (χ1n) is 4.94. The van der Waals surface area contributed by atoms with Crippen LogP contribution in [0.3, 0.4) is 0 Å². The molecule has 0 spiro atoms. The van der Waals surface area contributed by atoms with Crippen molar-refractivity contribution in [2.75, 3.05) is 11.9 Å². The van der Waals surface area contributed by atoms with E-state index in [9.17, 15) is 4.79 Å². The predicted molar refractivity (Wildman–Crippen MR) is 62.8 cm³/mol. The van der Waals surface area contributed by atoms with Gasteiger partial charge in [0.1, 0.15) is 5.69 Å². The first kappa shape index (κ1) is 12.2. The molecule has 0 saturated heterocycles. The van der Waals surface area contributed by atoms with Gasteiger partial charge in [-0.3, -0.25) is 9.69 Å². The second-order valence-corrected chi connectivity index (χ2v) is 4.50. The first-order chi connectivity index (χ1) is 7.36. The highest BCUT2D eigenvalue weighted by Gasteiger charge is 2.27. The Morgan fingerprint density at radius 1 is 1.50 bits per heavy atom. The van der Waals surface area contributed by atoms with Gasteiger partial charge < -0.3 is 0 Å². The van der Waals surface area contributed by atoms with Crippen LogP contribution in [0.15, 0.2) is 12.3 Å². The highest BCUT2D eigenvalue weighted by atomic mass is 16.2. The van der Waals surface area contributed by atoms with Crippen molar-refractivity contribution in [1.29, 1.82) is 0 Å². The molecule has 1 rings (SSSR count). The molecule has 0 aromatic carbocycles. The number of carbonyl (C=O) groups is 1. The molecule has 0 radical (unpaired) electrons. The highest BCUT2D eigenvalue weighted by Crippen LogP contribution is 2.19. The lowest BCUT2D eigenvalue weighted by Gasteiger charge is -2.24. The molecule has 0 saturated carbocycles. The van der Waals surface area contributed by atoms with Crippen LogP contribution in [0.5, 0.6) is 0 Å². The van der Waals surface area contributed by atoms with E-state index in [0.717, 1.165) is 0 Å². The Bertz CT molecular complexity index is 440. The first-order valence-corrected chi connectivity index (χ1v) is 4.94. The van der Waals surface area contributed by atoms with E-state index < -0.39 is 5.41 Å². The quantitative estimate of drug-likeness (QED) is 0.669. The van der Waals surface area contributed by atoms with E-state index in [4.69, 9.17) is 6.42 Å². The second kappa shape index (κ2) is 4.31. The maximum Gasteiger partial charge on any atom is 0.234 e. The van der Waals surface area contributed by atoms with Crippen molar-refractivity contribution < 1.29 is 4.79 Å². The smallest absolute Gasteiger partial charge is 0.234 e. The fourth-order valence-electron chi connectivity index (χ4n) is 1.18. The molecule has 1 aromatic heterocycles. The van der Waals surface area contributed by atoms with E-state index in [1.165, 1.54) is 4.90 Å². The number of hydrogen-bond donors (Lipinski definition) is 0. The number of hydrogen-bond acceptors (Lipinski definition) is 3. The molecule has 0 N–H and O–H groups in total. The average molecular weight is 217 g/mol. The lowest BCUT2D eigenvalue weighted by Crippen LogP contribution is -2.37. The largest absolute Gasteiger partial charge is 0.283 e. The number of aromatic nitrogens is 2. The lowest BCUT2D eigenvalue weighted by atomic mass is 9.95. The van der Waals surface area contributed by atoms with Gasteiger partial charge in [-0.25, -0.2) is 9.97 Å². The average Bonchev–Trinajstić information content (AvgIpc) is 2.26. The number of amides is 1. The molecular weight excluding hydrogens is 202 g/mol. The minimum atomic E-state index is -0.468. The molecule has 0 fully saturated rings. The van der Waals surface area contributed by atoms with Crippen molar-refractivity contribution >= 4 is 11.9 Å². The Hall–Kier alpha value is -1.89. The van der Waals surface area contributed by atoms with E-state index >= 15 is 0 Å². The van der Waals surface area contributed by atoms with Gasteiger partial charge >= 0.3 is 0 Å². The van der Waals surface area contributed by atoms with Gasteiger partial charge in [0.2, 0.25) is 11.9 Å². The van der Waals surface area contributed by atoms with Crippen LogP contribution in [0.4, 0.5) is 5.95 Å². The SMILES string of the molecule is C#Cc1ccnc(N(C)C(=O)C(C)(C)C)n1. The zero-order chi connectivity index (χ0) is 12.3. The fraction of sp³-hybridized carbons (Fsp3) is 0.417. The van der Waals surface area contributed by atoms with E-state index in [1.807, 2.05) is 20.8 Å². The number of rotatable bonds is 1. The zero-order valence-corrected chi connectivity index (χ0v) is 9.98. The van der Waals surface area contributed by atoms with Crippen LogP contribution in [0.2, 0.25) is 0 Å². The molecule has 0 aliphatic rings. The second-order valence-electron chi connectivity index (χ2n) is 4.50. The molecule has 1 amide bonds. The van der Waals surface area contributed by atoms with Crippen LogP contribution in [0.1, 0.15) is 26.5 Å². The van der Waals surface area contributed by atoms with Crippen molar-refractivity contribution in [3.63, 3.8) is 0 Å². The minimum Gasteiger partial charge on any atom is -0.283 e. The van der Waals surface area contributed by atoms with Gasteiger partial charge in [0, 0.05) is 18.7 Å². The van der Waals surface area contributed by atoms with Crippen LogP contribution in [-0.4, -0.2) is 22.9 Å². The molecule has 0 unspecified atom stereocenters. The van der Waals surface area contributed by atoms with Gasteiger partial charge in [0.15, 0.2) is 0 Å². The Morgan fingerprint density at radius 2 is 2.12 bits per heavy atom. The van der Waals surface area contributed by atoms with Crippen LogP contribution in [0, 0.1) is 17.8 Å². The number of anilines is 1. The summed E-state index contributed by atoms with van der Waals surface area (Å²) < 4.78 is 0. The van der Waals surface area contributed by atoms with E-state index in [1.54, 1.807) is 19.3 Å². The zero-order valence-electron chi connectivity index (χ0n) is 9.98. The maximum atomic E-state index is 12.0. The van der Waals surface area contributed by atoms with Crippen molar-refractivity contribution in [1.82, 2.24) is 9.97 Å². The third-order valence-electron chi connectivity index (χ3n) is 2.04. The summed E-state index contributed by atoms with van der Waals surface area (Å²) in [7, 11) is 1.64. The summed E-state index contributed by atoms with van der Waals surface area (Å²) in [6.45, 7) is 5.53. The van der Waals surface area contributed by atoms with Gasteiger partial charge in [-0.05, 0) is 6.07 Å². The van der Waals surface area contributed by atoms with Crippen molar-refractivity contribution in [2.45, 2.75) is 20.8 Å². The van der Waals surface area contributed by atoms with E-state index in [0.29, 0.717) is 11.6 Å². The monoisotopic (exact) mass is 217 g/mol. The van der Waals surface area contributed by atoms with Crippen LogP contribution in [-0.2, 0) is 4.79 Å². The third kappa shape index (κ3) is 2.57. The molecular formula is C12H15N3O. The summed E-state index contributed by atoms with van der Waals surface area (Å²) in [6, 6.07) is 1.62. The van der Waals surface area contributed by atoms with Gasteiger partial charge in [0.05, 0.1) is 0 Å². The molecule has 4 nitrogen and oxygen atoms in total. The molecule has 0 aliphatic carbocycles. The molecule has 0 atom stereocenters. The number of nitrogens with zero attached hydrogens (tertiary/aromatic N) is 3. The molecule has 84 valence electrons. The molecule has 16 heavy (non-hydrogen) atoms. The normalized spacial score (nSPS) is 10.7. The third-order valence-corrected chi connectivity index (χ3v) is 2.04. The van der Waals surface area contributed by atoms with Crippen LogP contribution < -0.4 is 4.90 Å². The Morgan fingerprint density at radius 3 is 2.62 bits per heavy atom. The molecule has 0 bridgehead atoms. The number of terminal acetylenes is 1. The summed E-state index contributed by atoms with van der Waals surface area (Å²) in [5.74, 6) is 2.69. The minimum absolute atomic E-state index is 0.0540. The van der Waals surface area contributed by atoms with Crippen molar-refractivity contribution in [3.05, 3.63) is 18.0 Å². The standard InChI is InChI=1S/C12H15N3O/c1-6-9-7-8-13-11(14-9)15(5)10(16)12(2,3)4/h1,7-8H,2-5H3. The Kier molecular flexibility index (Phi) is 3.28. The van der Waals surface area contributed by atoms with Crippen LogP contribution in [0.25, 0.3) is 0 Å². The fourth-order valence-corrected chi connectivity index (χ4v) is 1.18. The van der Waals surface area contributed by atoms with Crippen molar-refractivity contribution in [2.24, 2.45) is 5.41 Å². The highest BCUT2D eigenvalue weighted by molar-refractivity contribution is 5.94. The summed E-state index contributed by atoms with van der Waals surface area (Å²) in [5, 5.41) is 0. The van der Waals surface area contributed by atoms with Gasteiger partial charge in [-0.1, -0.05) is 26.7 Å². The van der Waals surface area contributed by atoms with Crippen LogP contribution >= 0.6 is 0 Å². The summed E-state index contributed by atoms with van der Waals surface area (Å²) in [4.78, 5) is 21.5. The number of carbonyl (C=O) groups excluding carboxylic acids is 1. The Labute approximate surface area is 95.7 Å². The summed E-state index contributed by atoms with van der Waals surface area (Å²) >= 11 is 0. The van der Waals surface area contributed by atoms with Gasteiger partial charge in [0.25, 0.3) is 0 Å². The van der Waals surface area contributed by atoms with Crippen molar-refractivity contribution in [3.8, 4) is 12.3 Å². The lowest BCUT2D eigenvalue weighted by molar-refractivity contribution is -0.125. The molecule has 0 aliphatic heterocycles. The molecule has 1 aromatic rings. The van der Waals surface area contributed by atoms with E-state index in [2.05, 4.69) is 15.9 Å². The topological polar surface area (TPSA) is 46.1 Å². The van der Waals surface area contributed by atoms with Gasteiger partial charge in [-0.2, -0.15) is 0 Å². The van der Waals surface area contributed by atoms with Gasteiger partial charge in [-0.15, -0.1) is 6.42 Å². The predicted octanol–water partition coefficient (Wildman–Crippen LogP) is 1.47. The molecule has 4 heteroatoms. The summed E-state index contributed by atoms with van der Waals surface area (Å²) in [6.07, 6.45) is 6.78. The summed E-state index contributed by atoms with van der Waals surface area (Å²) in [5.41, 5.74) is 0.00289.